The average Bonchev–Trinajstić information content (AvgIpc) is 3.14. The first kappa shape index (κ1) is 23.2. The van der Waals surface area contributed by atoms with E-state index < -0.39 is 9.84 Å². The molecule has 0 radical (unpaired) electrons. The highest BCUT2D eigenvalue weighted by atomic mass is 127. The van der Waals surface area contributed by atoms with Crippen molar-refractivity contribution in [3.8, 4) is 0 Å². The smallest absolute Gasteiger partial charge is 0.190 e. The zero-order chi connectivity index (χ0) is 18.0. The Morgan fingerprint density at radius 2 is 1.69 bits per heavy atom. The number of guanidine groups is 1. The third kappa shape index (κ3) is 8.24. The van der Waals surface area contributed by atoms with Gasteiger partial charge in [-0.25, -0.2) is 8.42 Å². The lowest BCUT2D eigenvalue weighted by Crippen LogP contribution is -2.38. The highest BCUT2D eigenvalue weighted by Crippen LogP contribution is 2.28. The van der Waals surface area contributed by atoms with Gasteiger partial charge in [0.05, 0.1) is 10.6 Å². The molecule has 1 saturated carbocycles. The quantitative estimate of drug-likeness (QED) is 0.239. The van der Waals surface area contributed by atoms with Crippen LogP contribution < -0.4 is 10.6 Å². The van der Waals surface area contributed by atoms with Crippen molar-refractivity contribution in [2.45, 2.75) is 49.8 Å². The Morgan fingerprint density at radius 1 is 1.08 bits per heavy atom. The molecule has 1 fully saturated rings. The Bertz CT molecular complexity index is 629. The van der Waals surface area contributed by atoms with E-state index in [4.69, 9.17) is 0 Å². The zero-order valence-corrected chi connectivity index (χ0v) is 18.8. The summed E-state index contributed by atoms with van der Waals surface area (Å²) in [5.74, 6) is 1.81. The summed E-state index contributed by atoms with van der Waals surface area (Å²) in [7, 11) is -1.45. The summed E-state index contributed by atoms with van der Waals surface area (Å²) < 4.78 is 24.4. The second kappa shape index (κ2) is 12.5. The maximum absolute atomic E-state index is 12.2. The summed E-state index contributed by atoms with van der Waals surface area (Å²) in [6, 6.07) is 8.62. The number of hydrogen-bond acceptors (Lipinski definition) is 3. The Labute approximate surface area is 175 Å². The maximum Gasteiger partial charge on any atom is 0.190 e. The number of halogens is 1. The Kier molecular flexibility index (Phi) is 11.2. The Morgan fingerprint density at radius 3 is 2.31 bits per heavy atom. The molecule has 1 aromatic carbocycles. The highest BCUT2D eigenvalue weighted by molar-refractivity contribution is 14.0. The van der Waals surface area contributed by atoms with Crippen molar-refractivity contribution in [3.63, 3.8) is 0 Å². The van der Waals surface area contributed by atoms with Crippen LogP contribution in [0.2, 0.25) is 0 Å². The fourth-order valence-electron chi connectivity index (χ4n) is 3.33. The number of rotatable bonds is 9. The third-order valence-electron chi connectivity index (χ3n) is 4.76. The largest absolute Gasteiger partial charge is 0.356 e. The maximum atomic E-state index is 12.2. The van der Waals surface area contributed by atoms with Crippen molar-refractivity contribution in [2.75, 3.05) is 25.9 Å². The van der Waals surface area contributed by atoms with Crippen molar-refractivity contribution in [2.24, 2.45) is 10.9 Å². The first-order valence-electron chi connectivity index (χ1n) is 9.34. The molecule has 0 heterocycles. The van der Waals surface area contributed by atoms with Gasteiger partial charge in [0, 0.05) is 20.1 Å². The Balaban J connectivity index is 0.00000338. The molecule has 0 amide bonds. The van der Waals surface area contributed by atoms with E-state index in [9.17, 15) is 8.42 Å². The van der Waals surface area contributed by atoms with Crippen LogP contribution in [0.5, 0.6) is 0 Å². The molecule has 0 unspecified atom stereocenters. The van der Waals surface area contributed by atoms with E-state index in [2.05, 4.69) is 15.6 Å². The zero-order valence-electron chi connectivity index (χ0n) is 15.6. The van der Waals surface area contributed by atoms with Crippen LogP contribution in [0.25, 0.3) is 0 Å². The minimum atomic E-state index is -3.20. The first-order valence-corrected chi connectivity index (χ1v) is 11.0. The molecule has 0 saturated heterocycles. The minimum Gasteiger partial charge on any atom is -0.356 e. The van der Waals surface area contributed by atoms with E-state index in [0.29, 0.717) is 17.9 Å². The molecule has 1 aliphatic carbocycles. The van der Waals surface area contributed by atoms with E-state index in [-0.39, 0.29) is 29.7 Å². The van der Waals surface area contributed by atoms with Gasteiger partial charge in [0.15, 0.2) is 15.8 Å². The molecule has 0 bridgehead atoms. The summed E-state index contributed by atoms with van der Waals surface area (Å²) in [6.45, 7) is 1.51. The monoisotopic (exact) mass is 493 g/mol. The lowest BCUT2D eigenvalue weighted by molar-refractivity contribution is 0.481. The fraction of sp³-hybridized carbons (Fsp3) is 0.632. The van der Waals surface area contributed by atoms with Gasteiger partial charge in [-0.05, 0) is 37.3 Å². The molecule has 0 aliphatic heterocycles. The first-order chi connectivity index (χ1) is 12.1. The van der Waals surface area contributed by atoms with Crippen LogP contribution in [-0.4, -0.2) is 40.3 Å². The molecule has 0 atom stereocenters. The van der Waals surface area contributed by atoms with Gasteiger partial charge in [-0.15, -0.1) is 24.0 Å². The van der Waals surface area contributed by atoms with Crippen molar-refractivity contribution < 1.29 is 8.42 Å². The molecule has 148 valence electrons. The van der Waals surface area contributed by atoms with Crippen molar-refractivity contribution in [1.29, 1.82) is 0 Å². The molecule has 2 N–H and O–H groups in total. The van der Waals surface area contributed by atoms with Gasteiger partial charge in [0.25, 0.3) is 0 Å². The van der Waals surface area contributed by atoms with Crippen LogP contribution in [0, 0.1) is 5.92 Å². The van der Waals surface area contributed by atoms with Crippen LogP contribution in [0.1, 0.15) is 44.9 Å². The highest BCUT2D eigenvalue weighted by Gasteiger charge is 2.14. The molecule has 0 spiro atoms. The van der Waals surface area contributed by atoms with Crippen LogP contribution in [0.3, 0.4) is 0 Å². The molecule has 5 nitrogen and oxygen atoms in total. The minimum absolute atomic E-state index is 0. The topological polar surface area (TPSA) is 70.6 Å². The van der Waals surface area contributed by atoms with Gasteiger partial charge in [0.1, 0.15) is 0 Å². The van der Waals surface area contributed by atoms with Gasteiger partial charge >= 0.3 is 0 Å². The summed E-state index contributed by atoms with van der Waals surface area (Å²) >= 11 is 0. The van der Waals surface area contributed by atoms with Gasteiger partial charge in [-0.3, -0.25) is 4.99 Å². The van der Waals surface area contributed by atoms with Crippen LogP contribution >= 0.6 is 24.0 Å². The molecule has 26 heavy (non-hydrogen) atoms. The van der Waals surface area contributed by atoms with E-state index in [1.165, 1.54) is 32.1 Å². The van der Waals surface area contributed by atoms with Gasteiger partial charge in [-0.2, -0.15) is 0 Å². The second-order valence-electron chi connectivity index (χ2n) is 6.70. The molecule has 0 aromatic heterocycles. The molecular formula is C19H32IN3O2S. The number of aliphatic imine (C=N–C) groups is 1. The van der Waals surface area contributed by atoms with Crippen molar-refractivity contribution >= 4 is 39.8 Å². The van der Waals surface area contributed by atoms with E-state index in [0.717, 1.165) is 24.8 Å². The summed E-state index contributed by atoms with van der Waals surface area (Å²) in [5.41, 5.74) is 0. The summed E-state index contributed by atoms with van der Waals surface area (Å²) in [4.78, 5) is 4.59. The number of nitrogens with zero attached hydrogens (tertiary/aromatic N) is 1. The molecule has 1 aliphatic rings. The van der Waals surface area contributed by atoms with Crippen LogP contribution in [0.4, 0.5) is 0 Å². The van der Waals surface area contributed by atoms with E-state index >= 15 is 0 Å². The fourth-order valence-corrected chi connectivity index (χ4v) is 4.66. The van der Waals surface area contributed by atoms with Gasteiger partial charge < -0.3 is 10.6 Å². The number of sulfone groups is 1. The normalized spacial score (nSPS) is 15.5. The van der Waals surface area contributed by atoms with Crippen molar-refractivity contribution in [3.05, 3.63) is 30.3 Å². The molecule has 7 heteroatoms. The van der Waals surface area contributed by atoms with Crippen molar-refractivity contribution in [1.82, 2.24) is 10.6 Å². The van der Waals surface area contributed by atoms with Gasteiger partial charge in [-0.1, -0.05) is 43.9 Å². The number of hydrogen-bond donors (Lipinski definition) is 2. The number of nitrogens with one attached hydrogen (secondary N) is 2. The van der Waals surface area contributed by atoms with Gasteiger partial charge in [0.2, 0.25) is 0 Å². The predicted octanol–water partition coefficient (Wildman–Crippen LogP) is 3.60. The lowest BCUT2D eigenvalue weighted by atomic mass is 10.0. The SMILES string of the molecule is CN=C(NCCCC1CCCC1)NCCCS(=O)(=O)c1ccccc1.I. The third-order valence-corrected chi connectivity index (χ3v) is 6.58. The molecular weight excluding hydrogens is 461 g/mol. The summed E-state index contributed by atoms with van der Waals surface area (Å²) in [5, 5.41) is 6.51. The second-order valence-corrected chi connectivity index (χ2v) is 8.81. The molecule has 2 rings (SSSR count). The average molecular weight is 493 g/mol. The summed E-state index contributed by atoms with van der Waals surface area (Å²) in [6.07, 6.45) is 8.58. The predicted molar refractivity (Wildman–Crippen MR) is 119 cm³/mol. The van der Waals surface area contributed by atoms with E-state index in [1.807, 2.05) is 6.07 Å². The van der Waals surface area contributed by atoms with Crippen LogP contribution in [0.15, 0.2) is 40.2 Å². The lowest BCUT2D eigenvalue weighted by Gasteiger charge is -2.13. The number of benzene rings is 1. The van der Waals surface area contributed by atoms with E-state index in [1.54, 1.807) is 31.3 Å². The Hall–Kier alpha value is -0.830. The molecule has 1 aromatic rings. The standard InChI is InChI=1S/C19H31N3O2S.HI/c1-20-19(21-14-7-11-17-9-5-6-10-17)22-15-8-16-25(23,24)18-12-3-2-4-13-18;/h2-4,12-13,17H,5-11,14-16H2,1H3,(H2,20,21,22);1H. The van der Waals surface area contributed by atoms with Crippen LogP contribution in [-0.2, 0) is 9.84 Å².